The van der Waals surface area contributed by atoms with Gasteiger partial charge >= 0.3 is 6.03 Å². The first-order chi connectivity index (χ1) is 18.8. The van der Waals surface area contributed by atoms with Gasteiger partial charge in [0, 0.05) is 10.0 Å². The summed E-state index contributed by atoms with van der Waals surface area (Å²) in [6.07, 6.45) is 1.46. The van der Waals surface area contributed by atoms with Gasteiger partial charge in [-0.05, 0) is 48.9 Å². The monoisotopic (exact) mass is 597 g/mol. The van der Waals surface area contributed by atoms with E-state index in [1.807, 2.05) is 0 Å². The van der Waals surface area contributed by atoms with Gasteiger partial charge in [0.1, 0.15) is 30.4 Å². The lowest BCUT2D eigenvalue weighted by molar-refractivity contribution is -0.127. The van der Waals surface area contributed by atoms with E-state index in [4.69, 9.17) is 14.2 Å². The zero-order valence-corrected chi connectivity index (χ0v) is 22.7. The van der Waals surface area contributed by atoms with Crippen molar-refractivity contribution in [1.29, 1.82) is 0 Å². The lowest BCUT2D eigenvalue weighted by atomic mass is 10.1. The molecule has 0 atom stereocenters. The largest absolute Gasteiger partial charge is 0.495 e. The highest BCUT2D eigenvalue weighted by atomic mass is 79.9. The van der Waals surface area contributed by atoms with Gasteiger partial charge in [-0.2, -0.15) is 0 Å². The Bertz CT molecular complexity index is 1440. The van der Waals surface area contributed by atoms with Crippen molar-refractivity contribution in [3.63, 3.8) is 0 Å². The summed E-state index contributed by atoms with van der Waals surface area (Å²) in [5, 5.41) is 5.14. The molecule has 1 heterocycles. The second-order valence-corrected chi connectivity index (χ2v) is 9.12. The quantitative estimate of drug-likeness (QED) is 0.249. The van der Waals surface area contributed by atoms with Crippen LogP contribution in [0.2, 0.25) is 0 Å². The number of urea groups is 1. The standard InChI is InChI=1S/C28H25BrFN3O6/c1-3-38-24-13-18(19(29)14-25(24)39-16-17-8-4-5-9-20(17)30)12-22-27(35)33(28(36)32-22)15-26(34)31-21-10-6-7-11-23(21)37-2/h4-14H,3,15-16H2,1-2H3,(H,31,34)(H,32,36)/b22-12+. The molecule has 3 aromatic rings. The molecule has 11 heteroatoms. The third kappa shape index (κ3) is 6.55. The Morgan fingerprint density at radius 3 is 2.51 bits per heavy atom. The third-order valence-electron chi connectivity index (χ3n) is 5.65. The zero-order valence-electron chi connectivity index (χ0n) is 21.1. The fourth-order valence-electron chi connectivity index (χ4n) is 3.77. The molecule has 3 aromatic carbocycles. The van der Waals surface area contributed by atoms with Gasteiger partial charge in [-0.3, -0.25) is 9.59 Å². The summed E-state index contributed by atoms with van der Waals surface area (Å²) in [5.41, 5.74) is 1.29. The summed E-state index contributed by atoms with van der Waals surface area (Å²) >= 11 is 3.45. The van der Waals surface area contributed by atoms with E-state index in [9.17, 15) is 18.8 Å². The molecule has 1 saturated heterocycles. The molecule has 0 aliphatic carbocycles. The number of hydrogen-bond donors (Lipinski definition) is 2. The Morgan fingerprint density at radius 1 is 1.05 bits per heavy atom. The highest BCUT2D eigenvalue weighted by Crippen LogP contribution is 2.36. The minimum absolute atomic E-state index is 0.0138. The van der Waals surface area contributed by atoms with Crippen LogP contribution in [-0.4, -0.2) is 43.0 Å². The van der Waals surface area contributed by atoms with Gasteiger partial charge < -0.3 is 24.8 Å². The number of nitrogens with zero attached hydrogens (tertiary/aromatic N) is 1. The maximum Gasteiger partial charge on any atom is 0.329 e. The van der Waals surface area contributed by atoms with Crippen LogP contribution in [-0.2, 0) is 16.2 Å². The van der Waals surface area contributed by atoms with Gasteiger partial charge in [0.15, 0.2) is 11.5 Å². The topological polar surface area (TPSA) is 106 Å². The van der Waals surface area contributed by atoms with Crippen molar-refractivity contribution in [2.45, 2.75) is 13.5 Å². The molecule has 0 spiro atoms. The predicted octanol–water partition coefficient (Wildman–Crippen LogP) is 5.11. The SMILES string of the molecule is CCOc1cc(/C=C2/NC(=O)N(CC(=O)Nc3ccccc3OC)C2=O)c(Br)cc1OCc1ccccc1F. The number of imide groups is 1. The van der Waals surface area contributed by atoms with E-state index in [-0.39, 0.29) is 18.1 Å². The van der Waals surface area contributed by atoms with Crippen LogP contribution in [0.25, 0.3) is 6.08 Å². The van der Waals surface area contributed by atoms with Crippen molar-refractivity contribution in [3.8, 4) is 17.2 Å². The first kappa shape index (κ1) is 27.6. The molecule has 0 bridgehead atoms. The highest BCUT2D eigenvalue weighted by molar-refractivity contribution is 9.10. The molecule has 202 valence electrons. The number of anilines is 1. The fraction of sp³-hybridized carbons (Fsp3) is 0.179. The molecule has 0 saturated carbocycles. The molecule has 2 N–H and O–H groups in total. The van der Waals surface area contributed by atoms with Gasteiger partial charge in [-0.25, -0.2) is 14.1 Å². The van der Waals surface area contributed by atoms with Gasteiger partial charge in [0.05, 0.1) is 19.4 Å². The second kappa shape index (κ2) is 12.4. The Kier molecular flexibility index (Phi) is 8.82. The van der Waals surface area contributed by atoms with Crippen molar-refractivity contribution >= 4 is 45.5 Å². The van der Waals surface area contributed by atoms with Crippen LogP contribution in [0.4, 0.5) is 14.9 Å². The van der Waals surface area contributed by atoms with Gasteiger partial charge in [0.2, 0.25) is 5.91 Å². The summed E-state index contributed by atoms with van der Waals surface area (Å²) < 4.78 is 31.3. The number of methoxy groups -OCH3 is 1. The average molecular weight is 598 g/mol. The van der Waals surface area contributed by atoms with E-state index in [1.54, 1.807) is 61.5 Å². The van der Waals surface area contributed by atoms with E-state index in [0.717, 1.165) is 4.90 Å². The van der Waals surface area contributed by atoms with Gasteiger partial charge in [-0.15, -0.1) is 0 Å². The molecular formula is C28H25BrFN3O6. The molecule has 1 aliphatic rings. The molecule has 4 amide bonds. The van der Waals surface area contributed by atoms with Gasteiger partial charge in [-0.1, -0.05) is 46.3 Å². The zero-order chi connectivity index (χ0) is 27.9. The third-order valence-corrected chi connectivity index (χ3v) is 6.34. The van der Waals surface area contributed by atoms with Crippen molar-refractivity contribution in [2.75, 3.05) is 25.6 Å². The summed E-state index contributed by atoms with van der Waals surface area (Å²) in [5.74, 6) is -0.438. The lowest BCUT2D eigenvalue weighted by Gasteiger charge is -2.15. The minimum atomic E-state index is -0.729. The maximum atomic E-state index is 14.0. The Labute approximate surface area is 232 Å². The number of nitrogens with one attached hydrogen (secondary N) is 2. The Balaban J connectivity index is 1.50. The smallest absolute Gasteiger partial charge is 0.329 e. The molecule has 39 heavy (non-hydrogen) atoms. The number of halogens is 2. The first-order valence-corrected chi connectivity index (χ1v) is 12.7. The predicted molar refractivity (Wildman–Crippen MR) is 146 cm³/mol. The maximum absolute atomic E-state index is 14.0. The summed E-state index contributed by atoms with van der Waals surface area (Å²) in [4.78, 5) is 38.9. The second-order valence-electron chi connectivity index (χ2n) is 8.26. The van der Waals surface area contributed by atoms with E-state index >= 15 is 0 Å². The lowest BCUT2D eigenvalue weighted by Crippen LogP contribution is -2.38. The molecule has 1 aliphatic heterocycles. The van der Waals surface area contributed by atoms with Crippen LogP contribution in [0.3, 0.4) is 0 Å². The summed E-state index contributed by atoms with van der Waals surface area (Å²) in [7, 11) is 1.47. The van der Waals surface area contributed by atoms with Crippen LogP contribution < -0.4 is 24.8 Å². The van der Waals surface area contributed by atoms with Crippen molar-refractivity contribution < 1.29 is 33.0 Å². The molecule has 0 unspecified atom stereocenters. The number of carbonyl (C=O) groups is 3. The number of benzene rings is 3. The van der Waals surface area contributed by atoms with Crippen molar-refractivity contribution in [2.24, 2.45) is 0 Å². The minimum Gasteiger partial charge on any atom is -0.495 e. The van der Waals surface area contributed by atoms with E-state index in [1.165, 1.54) is 19.3 Å². The Morgan fingerprint density at radius 2 is 1.77 bits per heavy atom. The van der Waals surface area contributed by atoms with Crippen LogP contribution in [0, 0.1) is 5.82 Å². The van der Waals surface area contributed by atoms with E-state index in [2.05, 4.69) is 26.6 Å². The van der Waals surface area contributed by atoms with Crippen LogP contribution in [0.1, 0.15) is 18.1 Å². The van der Waals surface area contributed by atoms with Crippen molar-refractivity contribution in [1.82, 2.24) is 10.2 Å². The number of para-hydroxylation sites is 2. The summed E-state index contributed by atoms with van der Waals surface area (Å²) in [6.45, 7) is 1.63. The number of ether oxygens (including phenoxy) is 3. The van der Waals surface area contributed by atoms with Crippen LogP contribution in [0.5, 0.6) is 17.2 Å². The first-order valence-electron chi connectivity index (χ1n) is 11.9. The fourth-order valence-corrected chi connectivity index (χ4v) is 4.20. The van der Waals surface area contributed by atoms with Crippen molar-refractivity contribution in [3.05, 3.63) is 87.8 Å². The van der Waals surface area contributed by atoms with E-state index < -0.39 is 24.4 Å². The average Bonchev–Trinajstić information content (AvgIpc) is 3.18. The number of carbonyl (C=O) groups excluding carboxylic acids is 3. The molecule has 9 nitrogen and oxygen atoms in total. The number of rotatable bonds is 10. The Hall–Kier alpha value is -4.38. The van der Waals surface area contributed by atoms with E-state index in [0.29, 0.717) is 45.1 Å². The molecule has 1 fully saturated rings. The molecule has 0 aromatic heterocycles. The summed E-state index contributed by atoms with van der Waals surface area (Å²) in [6, 6.07) is 15.6. The highest BCUT2D eigenvalue weighted by Gasteiger charge is 2.35. The van der Waals surface area contributed by atoms with Gasteiger partial charge in [0.25, 0.3) is 5.91 Å². The number of hydrogen-bond acceptors (Lipinski definition) is 6. The number of amides is 4. The van der Waals surface area contributed by atoms with Crippen LogP contribution in [0.15, 0.2) is 70.8 Å². The normalized spacial score (nSPS) is 13.8. The molecule has 0 radical (unpaired) electrons. The van der Waals surface area contributed by atoms with Crippen LogP contribution >= 0.6 is 15.9 Å². The molecular weight excluding hydrogens is 573 g/mol. The molecule has 4 rings (SSSR count).